The fourth-order valence-electron chi connectivity index (χ4n) is 3.81. The molecule has 0 spiro atoms. The van der Waals surface area contributed by atoms with E-state index in [2.05, 4.69) is 24.6 Å². The van der Waals surface area contributed by atoms with Crippen LogP contribution in [0.5, 0.6) is 0 Å². The van der Waals surface area contributed by atoms with Crippen LogP contribution in [0.3, 0.4) is 0 Å². The zero-order chi connectivity index (χ0) is 24.7. The molecule has 0 atom stereocenters. The molecule has 0 N–H and O–H groups in total. The molecule has 0 aliphatic carbocycles. The van der Waals surface area contributed by atoms with Crippen molar-refractivity contribution in [2.45, 2.75) is 71.3 Å². The molecule has 0 bridgehead atoms. The van der Waals surface area contributed by atoms with Gasteiger partial charge in [0.1, 0.15) is 6.73 Å². The standard InChI is InChI=1S/C26H35BN2O4Si/c1-25(2)26(3,4)33-27(32-25)20-14-12-19(13-15-20)23(30)24-28-21-10-8-9-11-22(21)29(24)18-31-16-17-34(5,6)7/h8-15H,16-18H2,1-7H3. The van der Waals surface area contributed by atoms with Crippen molar-refractivity contribution in [3.8, 4) is 0 Å². The lowest BCUT2D eigenvalue weighted by atomic mass is 9.78. The molecule has 8 heteroatoms. The Morgan fingerprint density at radius 1 is 1.00 bits per heavy atom. The molecular formula is C26H35BN2O4Si. The third kappa shape index (κ3) is 5.05. The second kappa shape index (κ2) is 9.07. The molecule has 1 saturated heterocycles. The summed E-state index contributed by atoms with van der Waals surface area (Å²) >= 11 is 0. The van der Waals surface area contributed by atoms with Gasteiger partial charge in [-0.2, -0.15) is 0 Å². The summed E-state index contributed by atoms with van der Waals surface area (Å²) < 4.78 is 20.1. The van der Waals surface area contributed by atoms with Crippen LogP contribution in [0.2, 0.25) is 25.7 Å². The normalized spacial score (nSPS) is 17.4. The molecule has 1 aliphatic rings. The fraction of sp³-hybridized carbons (Fsp3) is 0.462. The number of imidazole rings is 1. The Kier molecular flexibility index (Phi) is 6.63. The van der Waals surface area contributed by atoms with Gasteiger partial charge in [0.05, 0.1) is 22.2 Å². The van der Waals surface area contributed by atoms with Gasteiger partial charge in [-0.3, -0.25) is 9.36 Å². The van der Waals surface area contributed by atoms with E-state index in [1.54, 1.807) is 0 Å². The first kappa shape index (κ1) is 24.9. The lowest BCUT2D eigenvalue weighted by Crippen LogP contribution is -2.41. The molecule has 2 aromatic carbocycles. The van der Waals surface area contributed by atoms with Crippen LogP contribution in [0.4, 0.5) is 0 Å². The molecule has 0 saturated carbocycles. The molecule has 0 unspecified atom stereocenters. The van der Waals surface area contributed by atoms with Crippen molar-refractivity contribution in [1.29, 1.82) is 0 Å². The zero-order valence-electron chi connectivity index (χ0n) is 21.3. The molecule has 4 rings (SSSR count). The number of rotatable bonds is 8. The van der Waals surface area contributed by atoms with Crippen LogP contribution in [-0.4, -0.2) is 48.3 Å². The average Bonchev–Trinajstić information content (AvgIpc) is 3.23. The van der Waals surface area contributed by atoms with Crippen LogP contribution < -0.4 is 5.46 Å². The largest absolute Gasteiger partial charge is 0.494 e. The first-order valence-corrected chi connectivity index (χ1v) is 15.6. The minimum absolute atomic E-state index is 0.134. The Labute approximate surface area is 203 Å². The summed E-state index contributed by atoms with van der Waals surface area (Å²) in [5.41, 5.74) is 2.32. The van der Waals surface area contributed by atoms with E-state index in [1.165, 1.54) is 0 Å². The van der Waals surface area contributed by atoms with Crippen LogP contribution in [0.25, 0.3) is 11.0 Å². The number of para-hydroxylation sites is 2. The van der Waals surface area contributed by atoms with Gasteiger partial charge in [0.15, 0.2) is 5.82 Å². The SMILES string of the molecule is CC1(C)OB(c2ccc(C(=O)c3nc4ccccc4n3COCC[Si](C)(C)C)cc2)OC1(C)C. The minimum Gasteiger partial charge on any atom is -0.399 e. The van der Waals surface area contributed by atoms with Crippen molar-refractivity contribution in [1.82, 2.24) is 9.55 Å². The first-order chi connectivity index (χ1) is 15.9. The smallest absolute Gasteiger partial charge is 0.399 e. The Bertz CT molecular complexity index is 1170. The van der Waals surface area contributed by atoms with Crippen LogP contribution in [-0.2, 0) is 20.8 Å². The Morgan fingerprint density at radius 2 is 1.62 bits per heavy atom. The van der Waals surface area contributed by atoms with E-state index < -0.39 is 26.4 Å². The van der Waals surface area contributed by atoms with Crippen LogP contribution in [0, 0.1) is 0 Å². The van der Waals surface area contributed by atoms with Crippen molar-refractivity contribution >= 4 is 37.5 Å². The van der Waals surface area contributed by atoms with E-state index >= 15 is 0 Å². The van der Waals surface area contributed by atoms with Gasteiger partial charge in [0, 0.05) is 20.2 Å². The number of aromatic nitrogens is 2. The number of benzene rings is 2. The van der Waals surface area contributed by atoms with Crippen molar-refractivity contribution in [2.24, 2.45) is 0 Å². The van der Waals surface area contributed by atoms with E-state index in [4.69, 9.17) is 14.0 Å². The number of hydrogen-bond acceptors (Lipinski definition) is 5. The van der Waals surface area contributed by atoms with Crippen molar-refractivity contribution in [3.63, 3.8) is 0 Å². The highest BCUT2D eigenvalue weighted by atomic mass is 28.3. The summed E-state index contributed by atoms with van der Waals surface area (Å²) in [6.07, 6.45) is 0. The lowest BCUT2D eigenvalue weighted by molar-refractivity contribution is 0.00578. The van der Waals surface area contributed by atoms with Gasteiger partial charge in [0.2, 0.25) is 5.78 Å². The number of ether oxygens (including phenoxy) is 1. The van der Waals surface area contributed by atoms with E-state index in [0.717, 1.165) is 22.5 Å². The Morgan fingerprint density at radius 3 is 2.24 bits per heavy atom. The van der Waals surface area contributed by atoms with Gasteiger partial charge >= 0.3 is 7.12 Å². The third-order valence-electron chi connectivity index (χ3n) is 6.77. The van der Waals surface area contributed by atoms with Crippen LogP contribution in [0.1, 0.15) is 43.9 Å². The van der Waals surface area contributed by atoms with Crippen molar-refractivity contribution < 1.29 is 18.8 Å². The highest BCUT2D eigenvalue weighted by molar-refractivity contribution is 6.76. The van der Waals surface area contributed by atoms with Gasteiger partial charge in [0.25, 0.3) is 0 Å². The van der Waals surface area contributed by atoms with Gasteiger partial charge in [-0.05, 0) is 51.3 Å². The first-order valence-electron chi connectivity index (χ1n) is 11.9. The Balaban J connectivity index is 1.56. The van der Waals surface area contributed by atoms with E-state index in [1.807, 2.05) is 80.8 Å². The monoisotopic (exact) mass is 478 g/mol. The average molecular weight is 478 g/mol. The van der Waals surface area contributed by atoms with Crippen LogP contribution >= 0.6 is 0 Å². The summed E-state index contributed by atoms with van der Waals surface area (Å²) in [7, 11) is -1.65. The predicted octanol–water partition coefficient (Wildman–Crippen LogP) is 4.88. The number of ketones is 1. The molecule has 1 aromatic heterocycles. The maximum Gasteiger partial charge on any atom is 0.494 e. The summed E-state index contributed by atoms with van der Waals surface area (Å²) in [5.74, 6) is 0.253. The lowest BCUT2D eigenvalue weighted by Gasteiger charge is -2.32. The number of carbonyl (C=O) groups is 1. The molecule has 0 radical (unpaired) electrons. The summed E-state index contributed by atoms with van der Waals surface area (Å²) in [6, 6.07) is 16.3. The topological polar surface area (TPSA) is 62.6 Å². The van der Waals surface area contributed by atoms with Gasteiger partial charge < -0.3 is 14.0 Å². The van der Waals surface area contributed by atoms with Crippen LogP contribution in [0.15, 0.2) is 48.5 Å². The number of hydrogen-bond donors (Lipinski definition) is 0. The quantitative estimate of drug-likeness (QED) is 0.262. The summed E-state index contributed by atoms with van der Waals surface area (Å²) in [6.45, 7) is 16.1. The molecule has 1 fully saturated rings. The summed E-state index contributed by atoms with van der Waals surface area (Å²) in [5, 5.41) is 0. The number of fused-ring (bicyclic) bond motifs is 1. The van der Waals surface area contributed by atoms with Crippen molar-refractivity contribution in [2.75, 3.05) is 6.61 Å². The van der Waals surface area contributed by atoms with Gasteiger partial charge in [-0.1, -0.05) is 56.0 Å². The van der Waals surface area contributed by atoms with Gasteiger partial charge in [-0.15, -0.1) is 0 Å². The fourth-order valence-corrected chi connectivity index (χ4v) is 4.57. The predicted molar refractivity (Wildman–Crippen MR) is 139 cm³/mol. The molecule has 6 nitrogen and oxygen atoms in total. The maximum absolute atomic E-state index is 13.5. The highest BCUT2D eigenvalue weighted by Crippen LogP contribution is 2.36. The zero-order valence-corrected chi connectivity index (χ0v) is 22.3. The molecule has 34 heavy (non-hydrogen) atoms. The van der Waals surface area contributed by atoms with Gasteiger partial charge in [-0.25, -0.2) is 4.98 Å². The third-order valence-corrected chi connectivity index (χ3v) is 8.48. The maximum atomic E-state index is 13.5. The molecule has 2 heterocycles. The highest BCUT2D eigenvalue weighted by Gasteiger charge is 2.51. The van der Waals surface area contributed by atoms with E-state index in [0.29, 0.717) is 24.7 Å². The number of carbonyl (C=O) groups excluding carboxylic acids is 1. The number of nitrogens with zero attached hydrogens (tertiary/aromatic N) is 2. The second-order valence-corrected chi connectivity index (χ2v) is 16.9. The minimum atomic E-state index is -1.19. The molecule has 3 aromatic rings. The molecule has 180 valence electrons. The van der Waals surface area contributed by atoms with E-state index in [-0.39, 0.29) is 5.78 Å². The molecule has 1 aliphatic heterocycles. The molecular weight excluding hydrogens is 443 g/mol. The molecule has 0 amide bonds. The van der Waals surface area contributed by atoms with E-state index in [9.17, 15) is 4.79 Å². The van der Waals surface area contributed by atoms with Crippen molar-refractivity contribution in [3.05, 3.63) is 59.9 Å². The second-order valence-electron chi connectivity index (χ2n) is 11.2. The Hall–Kier alpha value is -2.26. The summed E-state index contributed by atoms with van der Waals surface area (Å²) in [4.78, 5) is 18.1.